The lowest BCUT2D eigenvalue weighted by Gasteiger charge is -2.13. The van der Waals surface area contributed by atoms with Crippen LogP contribution in [0.2, 0.25) is 0 Å². The fraction of sp³-hybridized carbons (Fsp3) is 0. The van der Waals surface area contributed by atoms with Gasteiger partial charge in [0.2, 0.25) is 0 Å². The topological polar surface area (TPSA) is 35.6 Å². The number of para-hydroxylation sites is 4. The lowest BCUT2D eigenvalue weighted by Crippen LogP contribution is -1.98. The van der Waals surface area contributed by atoms with Crippen LogP contribution in [0.15, 0.2) is 231 Å². The summed E-state index contributed by atoms with van der Waals surface area (Å²) in [6, 6.07) is 82.1. The van der Waals surface area contributed by atoms with Crippen LogP contribution in [-0.4, -0.2) is 19.1 Å². The van der Waals surface area contributed by atoms with Gasteiger partial charge >= 0.3 is 0 Å². The molecule has 0 atom stereocenters. The van der Waals surface area contributed by atoms with Crippen molar-refractivity contribution in [3.05, 3.63) is 231 Å². The van der Waals surface area contributed by atoms with Gasteiger partial charge in [-0.2, -0.15) is 0 Å². The summed E-state index contributed by atoms with van der Waals surface area (Å²) in [6.45, 7) is 0. The molecular formula is C58H38N4. The standard InChI is InChI=1S/C58H38N4/c1-2-14-39(15-3-1)43-16-12-17-44(36-43)40-28-30-41(31-29-40)52-38-53(42-32-34-46(35-33-42)61-54-24-8-4-20-48(54)49-21-5-9-25-55(49)61)60-58(59-52)45-18-13-19-47(37-45)62-56-26-10-6-22-50(56)51-23-7-11-27-57(51)62/h1-38H. The minimum absolute atomic E-state index is 0.672. The third-order valence-electron chi connectivity index (χ3n) is 12.2. The van der Waals surface area contributed by atoms with E-state index in [1.807, 2.05) is 0 Å². The van der Waals surface area contributed by atoms with Crippen molar-refractivity contribution in [1.82, 2.24) is 19.1 Å². The molecule has 4 nitrogen and oxygen atoms in total. The van der Waals surface area contributed by atoms with Gasteiger partial charge in [0.15, 0.2) is 5.82 Å². The highest BCUT2D eigenvalue weighted by molar-refractivity contribution is 6.10. The van der Waals surface area contributed by atoms with E-state index in [1.54, 1.807) is 0 Å². The van der Waals surface area contributed by atoms with Gasteiger partial charge in [-0.3, -0.25) is 0 Å². The lowest BCUT2D eigenvalue weighted by molar-refractivity contribution is 1.15. The number of aromatic nitrogens is 4. The average molecular weight is 791 g/mol. The summed E-state index contributed by atoms with van der Waals surface area (Å²) in [5, 5.41) is 4.95. The second kappa shape index (κ2) is 14.7. The predicted molar refractivity (Wildman–Crippen MR) is 258 cm³/mol. The Hall–Kier alpha value is -8.34. The first-order chi connectivity index (χ1) is 30.7. The molecule has 12 aromatic rings. The number of benzene rings is 9. The molecule has 290 valence electrons. The Labute approximate surface area is 359 Å². The van der Waals surface area contributed by atoms with Gasteiger partial charge in [-0.15, -0.1) is 0 Å². The monoisotopic (exact) mass is 790 g/mol. The fourth-order valence-corrected chi connectivity index (χ4v) is 9.18. The zero-order valence-electron chi connectivity index (χ0n) is 33.7. The fourth-order valence-electron chi connectivity index (χ4n) is 9.18. The van der Waals surface area contributed by atoms with Crippen molar-refractivity contribution < 1.29 is 0 Å². The summed E-state index contributed by atoms with van der Waals surface area (Å²) < 4.78 is 4.69. The number of nitrogens with zero attached hydrogens (tertiary/aromatic N) is 4. The van der Waals surface area contributed by atoms with Crippen LogP contribution in [0, 0.1) is 0 Å². The van der Waals surface area contributed by atoms with Crippen molar-refractivity contribution in [2.45, 2.75) is 0 Å². The number of hydrogen-bond acceptors (Lipinski definition) is 2. The van der Waals surface area contributed by atoms with Crippen LogP contribution in [0.4, 0.5) is 0 Å². The molecule has 12 rings (SSSR count). The minimum Gasteiger partial charge on any atom is -0.309 e. The Bertz CT molecular complexity index is 3510. The zero-order valence-corrected chi connectivity index (χ0v) is 33.7. The van der Waals surface area contributed by atoms with E-state index in [2.05, 4.69) is 240 Å². The van der Waals surface area contributed by atoms with Crippen molar-refractivity contribution in [2.75, 3.05) is 0 Å². The maximum absolute atomic E-state index is 5.32. The Morgan fingerprint density at radius 3 is 1.16 bits per heavy atom. The van der Waals surface area contributed by atoms with Crippen molar-refractivity contribution >= 4 is 43.6 Å². The molecule has 9 aromatic carbocycles. The van der Waals surface area contributed by atoms with E-state index >= 15 is 0 Å². The molecule has 3 aromatic heterocycles. The van der Waals surface area contributed by atoms with Crippen molar-refractivity contribution in [3.8, 4) is 67.5 Å². The summed E-state index contributed by atoms with van der Waals surface area (Å²) in [6.07, 6.45) is 0. The van der Waals surface area contributed by atoms with Gasteiger partial charge in [-0.05, 0) is 82.9 Å². The molecule has 0 spiro atoms. The molecule has 3 heterocycles. The van der Waals surface area contributed by atoms with Gasteiger partial charge in [0.25, 0.3) is 0 Å². The van der Waals surface area contributed by atoms with Crippen LogP contribution in [0.3, 0.4) is 0 Å². The van der Waals surface area contributed by atoms with Gasteiger partial charge in [0.05, 0.1) is 33.5 Å². The second-order valence-electron chi connectivity index (χ2n) is 15.8. The highest BCUT2D eigenvalue weighted by Crippen LogP contribution is 2.36. The van der Waals surface area contributed by atoms with Gasteiger partial charge in [-0.25, -0.2) is 9.97 Å². The molecule has 0 unspecified atom stereocenters. The van der Waals surface area contributed by atoms with Gasteiger partial charge in [-0.1, -0.05) is 170 Å². The third-order valence-corrected chi connectivity index (χ3v) is 12.2. The molecule has 0 aliphatic carbocycles. The minimum atomic E-state index is 0.672. The smallest absolute Gasteiger partial charge is 0.160 e. The molecule has 0 aliphatic rings. The summed E-state index contributed by atoms with van der Waals surface area (Å²) in [5.74, 6) is 0.672. The van der Waals surface area contributed by atoms with E-state index < -0.39 is 0 Å². The van der Waals surface area contributed by atoms with Crippen LogP contribution in [0.1, 0.15) is 0 Å². The molecule has 62 heavy (non-hydrogen) atoms. The van der Waals surface area contributed by atoms with E-state index in [-0.39, 0.29) is 0 Å². The molecule has 0 saturated heterocycles. The predicted octanol–water partition coefficient (Wildman–Crippen LogP) is 15.0. The summed E-state index contributed by atoms with van der Waals surface area (Å²) in [5.41, 5.74) is 16.3. The van der Waals surface area contributed by atoms with Crippen molar-refractivity contribution in [1.29, 1.82) is 0 Å². The quantitative estimate of drug-likeness (QED) is 0.161. The number of fused-ring (bicyclic) bond motifs is 6. The van der Waals surface area contributed by atoms with Crippen molar-refractivity contribution in [2.24, 2.45) is 0 Å². The normalized spacial score (nSPS) is 11.5. The lowest BCUT2D eigenvalue weighted by atomic mass is 9.98. The molecule has 0 amide bonds. The Morgan fingerprint density at radius 2 is 0.629 bits per heavy atom. The average Bonchev–Trinajstić information content (AvgIpc) is 3.87. The largest absolute Gasteiger partial charge is 0.309 e. The molecule has 0 saturated carbocycles. The summed E-state index contributed by atoms with van der Waals surface area (Å²) in [4.78, 5) is 10.6. The number of rotatable bonds is 7. The first-order valence-electron chi connectivity index (χ1n) is 21.1. The van der Waals surface area contributed by atoms with Crippen molar-refractivity contribution in [3.63, 3.8) is 0 Å². The van der Waals surface area contributed by atoms with E-state index in [4.69, 9.17) is 9.97 Å². The molecule has 4 heteroatoms. The van der Waals surface area contributed by atoms with Gasteiger partial charge in [0.1, 0.15) is 0 Å². The maximum atomic E-state index is 5.32. The van der Waals surface area contributed by atoms with E-state index in [0.717, 1.165) is 45.0 Å². The van der Waals surface area contributed by atoms with E-state index in [0.29, 0.717) is 5.82 Å². The van der Waals surface area contributed by atoms with E-state index in [1.165, 1.54) is 60.3 Å². The highest BCUT2D eigenvalue weighted by atomic mass is 15.0. The molecule has 0 bridgehead atoms. The zero-order chi connectivity index (χ0) is 41.0. The summed E-state index contributed by atoms with van der Waals surface area (Å²) in [7, 11) is 0. The first-order valence-corrected chi connectivity index (χ1v) is 21.1. The van der Waals surface area contributed by atoms with Crippen LogP contribution < -0.4 is 0 Å². The van der Waals surface area contributed by atoms with E-state index in [9.17, 15) is 0 Å². The number of hydrogen-bond donors (Lipinski definition) is 0. The first kappa shape index (κ1) is 35.6. The maximum Gasteiger partial charge on any atom is 0.160 e. The summed E-state index contributed by atoms with van der Waals surface area (Å²) >= 11 is 0. The SMILES string of the molecule is c1ccc(-c2cccc(-c3ccc(-c4cc(-c5ccc(-n6c7ccccc7c7ccccc76)cc5)nc(-c5cccc(-n6c7ccccc7c7ccccc76)c5)n4)cc3)c2)cc1. The van der Waals surface area contributed by atoms with Gasteiger partial charge in [0, 0.05) is 49.6 Å². The highest BCUT2D eigenvalue weighted by Gasteiger charge is 2.17. The van der Waals surface area contributed by atoms with Crippen LogP contribution in [-0.2, 0) is 0 Å². The molecule has 0 aliphatic heterocycles. The Kier molecular flexibility index (Phi) is 8.46. The molecule has 0 N–H and O–H groups in total. The Morgan fingerprint density at radius 1 is 0.242 bits per heavy atom. The van der Waals surface area contributed by atoms with Gasteiger partial charge < -0.3 is 9.13 Å². The molecular weight excluding hydrogens is 753 g/mol. The third kappa shape index (κ3) is 6.08. The molecule has 0 fully saturated rings. The van der Waals surface area contributed by atoms with Crippen LogP contribution in [0.25, 0.3) is 111 Å². The molecule has 0 radical (unpaired) electrons. The van der Waals surface area contributed by atoms with Crippen LogP contribution in [0.5, 0.6) is 0 Å². The Balaban J connectivity index is 0.976. The second-order valence-corrected chi connectivity index (χ2v) is 15.8. The van der Waals surface area contributed by atoms with Crippen LogP contribution >= 0.6 is 0 Å².